The van der Waals surface area contributed by atoms with E-state index in [0.717, 1.165) is 0 Å². The fraction of sp³-hybridized carbons (Fsp3) is 0.688. The molecular formula is C16H26N4O4. The summed E-state index contributed by atoms with van der Waals surface area (Å²) in [6, 6.07) is 0.0193. The van der Waals surface area contributed by atoms with Crippen LogP contribution in [0.5, 0.6) is 0 Å². The Kier molecular flexibility index (Phi) is 5.95. The van der Waals surface area contributed by atoms with Crippen LogP contribution in [0.3, 0.4) is 0 Å². The fourth-order valence-corrected chi connectivity index (χ4v) is 2.50. The Labute approximate surface area is 141 Å². The molecule has 0 bridgehead atoms. The van der Waals surface area contributed by atoms with E-state index in [1.54, 1.807) is 20.0 Å². The first kappa shape index (κ1) is 18.4. The number of aromatic nitrogens is 2. The zero-order chi connectivity index (χ0) is 17.7. The van der Waals surface area contributed by atoms with Gasteiger partial charge in [0.15, 0.2) is 0 Å². The Morgan fingerprint density at radius 2 is 2.12 bits per heavy atom. The minimum Gasteiger partial charge on any atom is -0.481 e. The van der Waals surface area contributed by atoms with E-state index in [1.165, 1.54) is 0 Å². The molecule has 3 N–H and O–H groups in total. The number of nitrogens with one attached hydrogen (secondary N) is 1. The SMILES string of the molecule is CC(CCO)Nc1ncc(C(C)(C)C(=O)O)c(N2CCOCC2)n1. The largest absolute Gasteiger partial charge is 0.481 e. The number of carbonyl (C=O) groups is 1. The number of rotatable bonds is 7. The second-order valence-electron chi connectivity index (χ2n) is 6.52. The van der Waals surface area contributed by atoms with Gasteiger partial charge >= 0.3 is 5.97 Å². The van der Waals surface area contributed by atoms with Gasteiger partial charge in [0.25, 0.3) is 0 Å². The Balaban J connectivity index is 2.37. The van der Waals surface area contributed by atoms with Gasteiger partial charge < -0.3 is 25.2 Å². The van der Waals surface area contributed by atoms with Crippen LogP contribution in [0.1, 0.15) is 32.8 Å². The smallest absolute Gasteiger partial charge is 0.313 e. The van der Waals surface area contributed by atoms with Crippen LogP contribution in [0.4, 0.5) is 11.8 Å². The summed E-state index contributed by atoms with van der Waals surface area (Å²) < 4.78 is 5.38. The number of aliphatic hydroxyl groups is 1. The maximum absolute atomic E-state index is 11.7. The molecule has 8 nitrogen and oxygen atoms in total. The third-order valence-corrected chi connectivity index (χ3v) is 4.22. The summed E-state index contributed by atoms with van der Waals surface area (Å²) in [5, 5.41) is 21.7. The Morgan fingerprint density at radius 1 is 1.46 bits per heavy atom. The number of morpholine rings is 1. The summed E-state index contributed by atoms with van der Waals surface area (Å²) in [4.78, 5) is 22.5. The molecular weight excluding hydrogens is 312 g/mol. The van der Waals surface area contributed by atoms with Gasteiger partial charge in [-0.25, -0.2) is 4.98 Å². The van der Waals surface area contributed by atoms with E-state index in [1.807, 2.05) is 11.8 Å². The number of anilines is 2. The average molecular weight is 338 g/mol. The lowest BCUT2D eigenvalue weighted by atomic mass is 9.85. The van der Waals surface area contributed by atoms with Crippen molar-refractivity contribution in [1.29, 1.82) is 0 Å². The monoisotopic (exact) mass is 338 g/mol. The number of nitrogens with zero attached hydrogens (tertiary/aromatic N) is 3. The summed E-state index contributed by atoms with van der Waals surface area (Å²) in [6.07, 6.45) is 2.17. The van der Waals surface area contributed by atoms with Crippen molar-refractivity contribution in [2.45, 2.75) is 38.6 Å². The first-order valence-corrected chi connectivity index (χ1v) is 8.17. The number of aliphatic carboxylic acids is 1. The standard InChI is InChI=1S/C16H26N4O4/c1-11(4-7-21)18-15-17-10-12(16(2,3)14(22)23)13(19-15)20-5-8-24-9-6-20/h10-11,21H,4-9H2,1-3H3,(H,22,23)(H,17,18,19). The quantitative estimate of drug-likeness (QED) is 0.672. The highest BCUT2D eigenvalue weighted by molar-refractivity contribution is 5.82. The highest BCUT2D eigenvalue weighted by Crippen LogP contribution is 2.32. The van der Waals surface area contributed by atoms with Crippen molar-refractivity contribution in [3.63, 3.8) is 0 Å². The van der Waals surface area contributed by atoms with E-state index in [2.05, 4.69) is 15.3 Å². The molecule has 1 unspecified atom stereocenters. The first-order chi connectivity index (χ1) is 11.4. The predicted octanol–water partition coefficient (Wildman–Crippen LogP) is 0.858. The van der Waals surface area contributed by atoms with Gasteiger partial charge in [-0.2, -0.15) is 4.98 Å². The number of hydrogen-bond acceptors (Lipinski definition) is 7. The molecule has 2 heterocycles. The van der Waals surface area contributed by atoms with Crippen LogP contribution in [-0.2, 0) is 14.9 Å². The lowest BCUT2D eigenvalue weighted by molar-refractivity contribution is -0.142. The topological polar surface area (TPSA) is 108 Å². The summed E-state index contributed by atoms with van der Waals surface area (Å²) in [5.74, 6) is 0.136. The van der Waals surface area contributed by atoms with Gasteiger partial charge in [0, 0.05) is 37.5 Å². The molecule has 1 aromatic rings. The Hall–Kier alpha value is -1.93. The number of carboxylic acid groups (broad SMARTS) is 1. The molecule has 1 saturated heterocycles. The molecule has 0 aliphatic carbocycles. The van der Waals surface area contributed by atoms with Crippen LogP contribution in [0, 0.1) is 0 Å². The molecule has 0 amide bonds. The van der Waals surface area contributed by atoms with E-state index in [-0.39, 0.29) is 12.6 Å². The molecule has 0 radical (unpaired) electrons. The zero-order valence-electron chi connectivity index (χ0n) is 14.4. The summed E-state index contributed by atoms with van der Waals surface area (Å²) in [7, 11) is 0. The molecule has 0 saturated carbocycles. The lowest BCUT2D eigenvalue weighted by Crippen LogP contribution is -2.40. The summed E-state index contributed by atoms with van der Waals surface area (Å²) in [5.41, 5.74) is -0.514. The molecule has 24 heavy (non-hydrogen) atoms. The van der Waals surface area contributed by atoms with Crippen LogP contribution in [-0.4, -0.2) is 65.1 Å². The van der Waals surface area contributed by atoms with Gasteiger partial charge in [0.2, 0.25) is 5.95 Å². The molecule has 0 aromatic carbocycles. The Bertz CT molecular complexity index is 573. The number of hydrogen-bond donors (Lipinski definition) is 3. The van der Waals surface area contributed by atoms with Crippen molar-refractivity contribution in [1.82, 2.24) is 9.97 Å². The third-order valence-electron chi connectivity index (χ3n) is 4.22. The van der Waals surface area contributed by atoms with Gasteiger partial charge in [0.05, 0.1) is 18.6 Å². The Morgan fingerprint density at radius 3 is 2.71 bits per heavy atom. The highest BCUT2D eigenvalue weighted by atomic mass is 16.5. The number of aliphatic hydroxyl groups excluding tert-OH is 1. The maximum atomic E-state index is 11.7. The summed E-state index contributed by atoms with van der Waals surface area (Å²) in [6.45, 7) is 7.80. The molecule has 1 aromatic heterocycles. The van der Waals surface area contributed by atoms with Gasteiger partial charge in [-0.15, -0.1) is 0 Å². The van der Waals surface area contributed by atoms with Crippen molar-refractivity contribution < 1.29 is 19.7 Å². The normalized spacial score (nSPS) is 16.8. The van der Waals surface area contributed by atoms with Crippen molar-refractivity contribution >= 4 is 17.7 Å². The molecule has 1 atom stereocenters. The number of carboxylic acids is 1. The summed E-state index contributed by atoms with van der Waals surface area (Å²) >= 11 is 0. The van der Waals surface area contributed by atoms with Crippen LogP contribution >= 0.6 is 0 Å². The number of ether oxygens (including phenoxy) is 1. The van der Waals surface area contributed by atoms with Crippen LogP contribution < -0.4 is 10.2 Å². The minimum atomic E-state index is -1.09. The van der Waals surface area contributed by atoms with E-state index < -0.39 is 11.4 Å². The third kappa shape index (κ3) is 4.12. The van der Waals surface area contributed by atoms with Crippen molar-refractivity contribution in [3.05, 3.63) is 11.8 Å². The van der Waals surface area contributed by atoms with Crippen LogP contribution in [0.15, 0.2) is 6.20 Å². The highest BCUT2D eigenvalue weighted by Gasteiger charge is 2.35. The van der Waals surface area contributed by atoms with Crippen molar-refractivity contribution in [3.8, 4) is 0 Å². The van der Waals surface area contributed by atoms with Gasteiger partial charge in [-0.1, -0.05) is 0 Å². The molecule has 134 valence electrons. The zero-order valence-corrected chi connectivity index (χ0v) is 14.4. The van der Waals surface area contributed by atoms with E-state index >= 15 is 0 Å². The van der Waals surface area contributed by atoms with Gasteiger partial charge in [0.1, 0.15) is 5.82 Å². The predicted molar refractivity (Wildman–Crippen MR) is 90.5 cm³/mol. The second kappa shape index (κ2) is 7.76. The van der Waals surface area contributed by atoms with E-state index in [9.17, 15) is 9.90 Å². The first-order valence-electron chi connectivity index (χ1n) is 8.17. The van der Waals surface area contributed by atoms with Crippen LogP contribution in [0.2, 0.25) is 0 Å². The van der Waals surface area contributed by atoms with Crippen molar-refractivity contribution in [2.24, 2.45) is 0 Å². The lowest BCUT2D eigenvalue weighted by Gasteiger charge is -2.32. The van der Waals surface area contributed by atoms with Gasteiger partial charge in [-0.05, 0) is 27.2 Å². The maximum Gasteiger partial charge on any atom is 0.313 e. The van der Waals surface area contributed by atoms with Crippen molar-refractivity contribution in [2.75, 3.05) is 43.1 Å². The molecule has 1 aliphatic rings. The molecule has 1 fully saturated rings. The van der Waals surface area contributed by atoms with Gasteiger partial charge in [-0.3, -0.25) is 4.79 Å². The second-order valence-corrected chi connectivity index (χ2v) is 6.52. The van der Waals surface area contributed by atoms with E-state index in [4.69, 9.17) is 9.84 Å². The van der Waals surface area contributed by atoms with E-state index in [0.29, 0.717) is 50.1 Å². The average Bonchev–Trinajstić information content (AvgIpc) is 2.55. The fourth-order valence-electron chi connectivity index (χ4n) is 2.50. The molecule has 1 aliphatic heterocycles. The van der Waals surface area contributed by atoms with Crippen LogP contribution in [0.25, 0.3) is 0 Å². The molecule has 8 heteroatoms. The molecule has 2 rings (SSSR count). The minimum absolute atomic E-state index is 0.0193. The molecule has 0 spiro atoms.